The minimum Gasteiger partial charge on any atom is -0.310 e. The number of halogens is 1. The third-order valence-electron chi connectivity index (χ3n) is 5.25. The zero-order chi connectivity index (χ0) is 20.0. The summed E-state index contributed by atoms with van der Waals surface area (Å²) in [4.78, 5) is 2.31. The predicted octanol–water partition coefficient (Wildman–Crippen LogP) is 8.79. The SMILES string of the molecule is Cc1ccc(N(c2ccc(C)cc2)c2cc(Cl)cc3sc4ccccc4c23)cc1. The standard InChI is InChI=1S/C26H20ClNS/c1-17-7-11-20(12-8-17)28(21-13-9-18(2)10-14-21)23-15-19(27)16-25-26(23)22-5-3-4-6-24(22)29-25/h3-16H,1-2H3. The molecule has 0 aliphatic rings. The molecular weight excluding hydrogens is 394 g/mol. The fourth-order valence-corrected chi connectivity index (χ4v) is 5.23. The lowest BCUT2D eigenvalue weighted by molar-refractivity contribution is 1.28. The number of nitrogens with zero attached hydrogens (tertiary/aromatic N) is 1. The van der Waals surface area contributed by atoms with Crippen molar-refractivity contribution in [1.82, 2.24) is 0 Å². The number of aryl methyl sites for hydroxylation is 2. The Morgan fingerprint density at radius 2 is 1.28 bits per heavy atom. The van der Waals surface area contributed by atoms with E-state index in [0.717, 1.165) is 22.1 Å². The number of fused-ring (bicyclic) bond motifs is 3. The van der Waals surface area contributed by atoms with Crippen LogP contribution < -0.4 is 4.90 Å². The highest BCUT2D eigenvalue weighted by Gasteiger charge is 2.19. The van der Waals surface area contributed by atoms with Gasteiger partial charge in [0.25, 0.3) is 0 Å². The highest BCUT2D eigenvalue weighted by molar-refractivity contribution is 7.26. The zero-order valence-corrected chi connectivity index (χ0v) is 17.9. The molecule has 5 rings (SSSR count). The van der Waals surface area contributed by atoms with Crippen LogP contribution in [0.1, 0.15) is 11.1 Å². The highest BCUT2D eigenvalue weighted by atomic mass is 35.5. The van der Waals surface area contributed by atoms with Crippen molar-refractivity contribution in [2.24, 2.45) is 0 Å². The van der Waals surface area contributed by atoms with E-state index in [9.17, 15) is 0 Å². The van der Waals surface area contributed by atoms with Crippen LogP contribution in [0.3, 0.4) is 0 Å². The second-order valence-corrected chi connectivity index (χ2v) is 8.92. The summed E-state index contributed by atoms with van der Waals surface area (Å²) in [5, 5.41) is 3.27. The van der Waals surface area contributed by atoms with Gasteiger partial charge in [-0.2, -0.15) is 0 Å². The molecule has 0 aliphatic heterocycles. The van der Waals surface area contributed by atoms with Crippen molar-refractivity contribution in [2.75, 3.05) is 4.90 Å². The van der Waals surface area contributed by atoms with Gasteiger partial charge < -0.3 is 4.90 Å². The predicted molar refractivity (Wildman–Crippen MR) is 128 cm³/mol. The Bertz CT molecular complexity index is 1270. The molecule has 3 heteroatoms. The maximum atomic E-state index is 6.60. The molecule has 1 aromatic heterocycles. The Hall–Kier alpha value is -2.81. The van der Waals surface area contributed by atoms with Crippen molar-refractivity contribution in [3.8, 4) is 0 Å². The van der Waals surface area contributed by atoms with Crippen LogP contribution in [0.2, 0.25) is 5.02 Å². The third-order valence-corrected chi connectivity index (χ3v) is 6.58. The Labute approximate surface area is 179 Å². The summed E-state index contributed by atoms with van der Waals surface area (Å²) in [6, 6.07) is 30.1. The molecule has 4 aromatic carbocycles. The molecule has 1 nitrogen and oxygen atoms in total. The Morgan fingerprint density at radius 3 is 1.90 bits per heavy atom. The first-order valence-corrected chi connectivity index (χ1v) is 10.8. The molecule has 29 heavy (non-hydrogen) atoms. The minimum absolute atomic E-state index is 0.753. The number of hydrogen-bond acceptors (Lipinski definition) is 2. The summed E-state index contributed by atoms with van der Waals surface area (Å²) in [5.74, 6) is 0. The Morgan fingerprint density at radius 1 is 0.690 bits per heavy atom. The molecule has 0 saturated heterocycles. The van der Waals surface area contributed by atoms with Gasteiger partial charge in [0, 0.05) is 36.6 Å². The average molecular weight is 414 g/mol. The highest BCUT2D eigenvalue weighted by Crippen LogP contribution is 2.46. The van der Waals surface area contributed by atoms with Gasteiger partial charge in [0.2, 0.25) is 0 Å². The van der Waals surface area contributed by atoms with Crippen molar-refractivity contribution >= 4 is 60.2 Å². The normalized spacial score (nSPS) is 11.3. The summed E-state index contributed by atoms with van der Waals surface area (Å²) in [7, 11) is 0. The van der Waals surface area contributed by atoms with Crippen molar-refractivity contribution in [1.29, 1.82) is 0 Å². The van der Waals surface area contributed by atoms with E-state index in [4.69, 9.17) is 11.6 Å². The molecule has 0 atom stereocenters. The van der Waals surface area contributed by atoms with Gasteiger partial charge in [0.1, 0.15) is 0 Å². The van der Waals surface area contributed by atoms with Gasteiger partial charge in [-0.25, -0.2) is 0 Å². The lowest BCUT2D eigenvalue weighted by Crippen LogP contribution is -2.10. The van der Waals surface area contributed by atoms with E-state index in [1.165, 1.54) is 31.3 Å². The zero-order valence-electron chi connectivity index (χ0n) is 16.3. The monoisotopic (exact) mass is 413 g/mol. The van der Waals surface area contributed by atoms with Crippen molar-refractivity contribution < 1.29 is 0 Å². The molecule has 1 heterocycles. The first-order valence-electron chi connectivity index (χ1n) is 9.64. The van der Waals surface area contributed by atoms with Crippen LogP contribution in [-0.4, -0.2) is 0 Å². The summed E-state index contributed by atoms with van der Waals surface area (Å²) >= 11 is 8.39. The van der Waals surface area contributed by atoms with Crippen LogP contribution in [0, 0.1) is 13.8 Å². The molecule has 142 valence electrons. The largest absolute Gasteiger partial charge is 0.310 e. The van der Waals surface area contributed by atoms with E-state index in [-0.39, 0.29) is 0 Å². The molecule has 0 unspecified atom stereocenters. The Kier molecular flexibility index (Phi) is 4.54. The molecule has 0 aliphatic carbocycles. The fourth-order valence-electron chi connectivity index (χ4n) is 3.79. The lowest BCUT2D eigenvalue weighted by Gasteiger charge is -2.27. The van der Waals surface area contributed by atoms with Crippen LogP contribution in [0.15, 0.2) is 84.9 Å². The van der Waals surface area contributed by atoms with Crippen LogP contribution in [0.25, 0.3) is 20.2 Å². The van der Waals surface area contributed by atoms with Gasteiger partial charge in [-0.1, -0.05) is 65.2 Å². The number of hydrogen-bond donors (Lipinski definition) is 0. The van der Waals surface area contributed by atoms with E-state index < -0.39 is 0 Å². The number of rotatable bonds is 3. The van der Waals surface area contributed by atoms with Gasteiger partial charge in [-0.3, -0.25) is 0 Å². The Balaban J connectivity index is 1.85. The first-order chi connectivity index (χ1) is 14.1. The van der Waals surface area contributed by atoms with E-state index in [2.05, 4.69) is 104 Å². The molecular formula is C26H20ClNS. The smallest absolute Gasteiger partial charge is 0.0569 e. The number of benzene rings is 4. The van der Waals surface area contributed by atoms with E-state index in [0.29, 0.717) is 0 Å². The van der Waals surface area contributed by atoms with Gasteiger partial charge in [-0.05, 0) is 56.3 Å². The average Bonchev–Trinajstić information content (AvgIpc) is 3.09. The molecule has 0 radical (unpaired) electrons. The molecule has 0 N–H and O–H groups in total. The van der Waals surface area contributed by atoms with Gasteiger partial charge >= 0.3 is 0 Å². The van der Waals surface area contributed by atoms with Crippen molar-refractivity contribution in [3.05, 3.63) is 101 Å². The molecule has 0 bridgehead atoms. The van der Waals surface area contributed by atoms with E-state index in [1.807, 2.05) is 0 Å². The second kappa shape index (κ2) is 7.22. The molecule has 0 saturated carbocycles. The molecule has 0 fully saturated rings. The summed E-state index contributed by atoms with van der Waals surface area (Å²) in [6.45, 7) is 4.23. The summed E-state index contributed by atoms with van der Waals surface area (Å²) in [5.41, 5.74) is 5.85. The minimum atomic E-state index is 0.753. The number of anilines is 3. The summed E-state index contributed by atoms with van der Waals surface area (Å²) < 4.78 is 2.48. The van der Waals surface area contributed by atoms with Crippen LogP contribution in [-0.2, 0) is 0 Å². The topological polar surface area (TPSA) is 3.24 Å². The lowest BCUT2D eigenvalue weighted by atomic mass is 10.1. The van der Waals surface area contributed by atoms with Gasteiger partial charge in [0.05, 0.1) is 5.69 Å². The van der Waals surface area contributed by atoms with Crippen molar-refractivity contribution in [2.45, 2.75) is 13.8 Å². The van der Waals surface area contributed by atoms with E-state index in [1.54, 1.807) is 11.3 Å². The maximum Gasteiger partial charge on any atom is 0.0569 e. The van der Waals surface area contributed by atoms with Gasteiger partial charge in [0.15, 0.2) is 0 Å². The molecule has 0 spiro atoms. The third kappa shape index (κ3) is 3.29. The van der Waals surface area contributed by atoms with E-state index >= 15 is 0 Å². The fraction of sp³-hybridized carbons (Fsp3) is 0.0769. The van der Waals surface area contributed by atoms with Gasteiger partial charge in [-0.15, -0.1) is 11.3 Å². The van der Waals surface area contributed by atoms with Crippen LogP contribution in [0.4, 0.5) is 17.1 Å². The van der Waals surface area contributed by atoms with Crippen LogP contribution in [0.5, 0.6) is 0 Å². The quantitative estimate of drug-likeness (QED) is 0.285. The second-order valence-electron chi connectivity index (χ2n) is 7.40. The first kappa shape index (κ1) is 18.2. The number of thiophene rings is 1. The van der Waals surface area contributed by atoms with Crippen LogP contribution >= 0.6 is 22.9 Å². The summed E-state index contributed by atoms with van der Waals surface area (Å²) in [6.07, 6.45) is 0. The maximum absolute atomic E-state index is 6.60. The molecule has 5 aromatic rings. The molecule has 0 amide bonds. The van der Waals surface area contributed by atoms with Crippen molar-refractivity contribution in [3.63, 3.8) is 0 Å².